The summed E-state index contributed by atoms with van der Waals surface area (Å²) in [6.07, 6.45) is 5.25. The summed E-state index contributed by atoms with van der Waals surface area (Å²) in [6.45, 7) is -0.0617. The van der Waals surface area contributed by atoms with E-state index in [1.807, 2.05) is 42.6 Å². The first-order valence-corrected chi connectivity index (χ1v) is 6.56. The fraction of sp³-hybridized carbons (Fsp3) is 0.125. The summed E-state index contributed by atoms with van der Waals surface area (Å²) >= 11 is 0. The van der Waals surface area contributed by atoms with E-state index < -0.39 is 0 Å². The zero-order valence-electron chi connectivity index (χ0n) is 11.6. The van der Waals surface area contributed by atoms with Crippen LogP contribution in [0.4, 0.5) is 0 Å². The van der Waals surface area contributed by atoms with Crippen LogP contribution in [0, 0.1) is 0 Å². The third kappa shape index (κ3) is 2.64. The number of aliphatic hydroxyl groups is 1. The lowest BCUT2D eigenvalue weighted by Gasteiger charge is -2.03. The Kier molecular flexibility index (Phi) is 3.66. The number of hydrogen-bond donors (Lipinski definition) is 1. The van der Waals surface area contributed by atoms with Crippen molar-refractivity contribution in [3.05, 3.63) is 60.6 Å². The number of ether oxygens (including phenoxy) is 1. The lowest BCUT2D eigenvalue weighted by Crippen LogP contribution is -1.95. The summed E-state index contributed by atoms with van der Waals surface area (Å²) in [5.74, 6) is 0.794. The minimum absolute atomic E-state index is 0.0617. The third-order valence-corrected chi connectivity index (χ3v) is 3.25. The Morgan fingerprint density at radius 3 is 2.43 bits per heavy atom. The Bertz CT molecular complexity index is 721. The van der Waals surface area contributed by atoms with Crippen molar-refractivity contribution in [3.63, 3.8) is 0 Å². The first-order valence-electron chi connectivity index (χ1n) is 6.56. The molecule has 21 heavy (non-hydrogen) atoms. The maximum absolute atomic E-state index is 9.53. The highest BCUT2D eigenvalue weighted by Crippen LogP contribution is 2.23. The van der Waals surface area contributed by atoms with Crippen molar-refractivity contribution in [1.82, 2.24) is 14.8 Å². The molecule has 0 spiro atoms. The summed E-state index contributed by atoms with van der Waals surface area (Å²) in [4.78, 5) is 4.00. The van der Waals surface area contributed by atoms with Gasteiger partial charge in [0.25, 0.3) is 0 Å². The number of methoxy groups -OCH3 is 1. The molecule has 0 bridgehead atoms. The predicted molar refractivity (Wildman–Crippen MR) is 79.3 cm³/mol. The Morgan fingerprint density at radius 2 is 1.81 bits per heavy atom. The normalized spacial score (nSPS) is 10.6. The van der Waals surface area contributed by atoms with Crippen molar-refractivity contribution in [2.24, 2.45) is 0 Å². The number of benzene rings is 1. The number of rotatable bonds is 4. The van der Waals surface area contributed by atoms with Gasteiger partial charge in [0.15, 0.2) is 0 Å². The molecular weight excluding hydrogens is 266 g/mol. The number of aliphatic hydroxyl groups excluding tert-OH is 1. The van der Waals surface area contributed by atoms with Crippen LogP contribution in [0.3, 0.4) is 0 Å². The van der Waals surface area contributed by atoms with Gasteiger partial charge in [0.05, 0.1) is 25.1 Å². The fourth-order valence-corrected chi connectivity index (χ4v) is 2.15. The molecule has 0 saturated heterocycles. The van der Waals surface area contributed by atoms with Crippen LogP contribution in [-0.4, -0.2) is 27.0 Å². The maximum Gasteiger partial charge on any atom is 0.119 e. The molecule has 5 heteroatoms. The van der Waals surface area contributed by atoms with Gasteiger partial charge in [0, 0.05) is 29.7 Å². The summed E-state index contributed by atoms with van der Waals surface area (Å²) in [6, 6.07) is 11.3. The molecule has 5 nitrogen and oxygen atoms in total. The van der Waals surface area contributed by atoms with Gasteiger partial charge in [-0.05, 0) is 36.4 Å². The van der Waals surface area contributed by atoms with Crippen LogP contribution in [0.25, 0.3) is 16.9 Å². The average Bonchev–Trinajstić information content (AvgIpc) is 3.00. The first-order chi connectivity index (χ1) is 10.3. The summed E-state index contributed by atoms with van der Waals surface area (Å²) in [7, 11) is 1.63. The SMILES string of the molecule is COc1ccc(-n2cc(CO)c(-c3ccncc3)n2)cc1. The van der Waals surface area contributed by atoms with E-state index in [2.05, 4.69) is 10.1 Å². The van der Waals surface area contributed by atoms with Crippen LogP contribution in [0.2, 0.25) is 0 Å². The fourth-order valence-electron chi connectivity index (χ4n) is 2.15. The Hall–Kier alpha value is -2.66. The molecule has 106 valence electrons. The van der Waals surface area contributed by atoms with E-state index >= 15 is 0 Å². The molecule has 3 rings (SSSR count). The van der Waals surface area contributed by atoms with Gasteiger partial charge in [0.1, 0.15) is 5.75 Å². The zero-order valence-corrected chi connectivity index (χ0v) is 11.6. The van der Waals surface area contributed by atoms with E-state index in [-0.39, 0.29) is 6.61 Å². The topological polar surface area (TPSA) is 60.2 Å². The van der Waals surface area contributed by atoms with Crippen molar-refractivity contribution in [1.29, 1.82) is 0 Å². The highest BCUT2D eigenvalue weighted by atomic mass is 16.5. The van der Waals surface area contributed by atoms with E-state index in [1.54, 1.807) is 24.2 Å². The lowest BCUT2D eigenvalue weighted by atomic mass is 10.1. The van der Waals surface area contributed by atoms with Crippen molar-refractivity contribution < 1.29 is 9.84 Å². The Balaban J connectivity index is 2.02. The quantitative estimate of drug-likeness (QED) is 0.798. The molecule has 0 radical (unpaired) electrons. The van der Waals surface area contributed by atoms with Gasteiger partial charge in [-0.3, -0.25) is 4.98 Å². The second kappa shape index (κ2) is 5.76. The standard InChI is InChI=1S/C16H15N3O2/c1-21-15-4-2-14(3-5-15)19-10-13(11-20)16(18-19)12-6-8-17-9-7-12/h2-10,20H,11H2,1H3. The lowest BCUT2D eigenvalue weighted by molar-refractivity contribution is 0.282. The van der Waals surface area contributed by atoms with Crippen LogP contribution in [0.15, 0.2) is 55.0 Å². The van der Waals surface area contributed by atoms with E-state index in [0.29, 0.717) is 0 Å². The Labute approximate surface area is 122 Å². The van der Waals surface area contributed by atoms with E-state index in [4.69, 9.17) is 4.74 Å². The van der Waals surface area contributed by atoms with Crippen molar-refractivity contribution in [2.45, 2.75) is 6.61 Å². The van der Waals surface area contributed by atoms with Crippen LogP contribution in [0.1, 0.15) is 5.56 Å². The number of pyridine rings is 1. The smallest absolute Gasteiger partial charge is 0.119 e. The molecule has 0 atom stereocenters. The zero-order chi connectivity index (χ0) is 14.7. The molecule has 0 aliphatic carbocycles. The molecule has 0 aliphatic heterocycles. The predicted octanol–water partition coefficient (Wildman–Crippen LogP) is 2.44. The van der Waals surface area contributed by atoms with Gasteiger partial charge in [-0.25, -0.2) is 4.68 Å². The van der Waals surface area contributed by atoms with Crippen LogP contribution in [0.5, 0.6) is 5.75 Å². The van der Waals surface area contributed by atoms with Crippen molar-refractivity contribution in [2.75, 3.05) is 7.11 Å². The first kappa shape index (κ1) is 13.3. The van der Waals surface area contributed by atoms with Crippen molar-refractivity contribution in [3.8, 4) is 22.7 Å². The summed E-state index contributed by atoms with van der Waals surface area (Å²) < 4.78 is 6.90. The molecule has 0 unspecified atom stereocenters. The molecule has 0 aliphatic rings. The van der Waals surface area contributed by atoms with Crippen molar-refractivity contribution >= 4 is 0 Å². The second-order valence-electron chi connectivity index (χ2n) is 4.54. The third-order valence-electron chi connectivity index (χ3n) is 3.25. The van der Waals surface area contributed by atoms with Gasteiger partial charge in [-0.1, -0.05) is 0 Å². The Morgan fingerprint density at radius 1 is 1.10 bits per heavy atom. The van der Waals surface area contributed by atoms with Crippen LogP contribution in [-0.2, 0) is 6.61 Å². The average molecular weight is 281 g/mol. The monoisotopic (exact) mass is 281 g/mol. The highest BCUT2D eigenvalue weighted by Gasteiger charge is 2.11. The number of aromatic nitrogens is 3. The van der Waals surface area contributed by atoms with Gasteiger partial charge < -0.3 is 9.84 Å². The van der Waals surface area contributed by atoms with Crippen LogP contribution >= 0.6 is 0 Å². The van der Waals surface area contributed by atoms with E-state index in [1.165, 1.54) is 0 Å². The minimum Gasteiger partial charge on any atom is -0.497 e. The summed E-state index contributed by atoms with van der Waals surface area (Å²) in [5.41, 5.74) is 3.37. The van der Waals surface area contributed by atoms with Gasteiger partial charge in [0.2, 0.25) is 0 Å². The molecule has 1 N–H and O–H groups in total. The van der Waals surface area contributed by atoms with E-state index in [0.717, 1.165) is 28.3 Å². The summed E-state index contributed by atoms with van der Waals surface area (Å²) in [5, 5.41) is 14.1. The second-order valence-corrected chi connectivity index (χ2v) is 4.54. The number of hydrogen-bond acceptors (Lipinski definition) is 4. The molecule has 0 fully saturated rings. The minimum atomic E-state index is -0.0617. The highest BCUT2D eigenvalue weighted by molar-refractivity contribution is 5.62. The molecule has 3 aromatic rings. The van der Waals surface area contributed by atoms with Gasteiger partial charge >= 0.3 is 0 Å². The maximum atomic E-state index is 9.53. The van der Waals surface area contributed by atoms with Gasteiger partial charge in [-0.2, -0.15) is 5.10 Å². The van der Waals surface area contributed by atoms with E-state index in [9.17, 15) is 5.11 Å². The largest absolute Gasteiger partial charge is 0.497 e. The number of nitrogens with zero attached hydrogens (tertiary/aromatic N) is 3. The van der Waals surface area contributed by atoms with Crippen LogP contribution < -0.4 is 4.74 Å². The molecule has 0 saturated carbocycles. The molecular formula is C16H15N3O2. The molecule has 0 amide bonds. The molecule has 2 aromatic heterocycles. The molecule has 1 aromatic carbocycles. The molecule has 2 heterocycles. The van der Waals surface area contributed by atoms with Gasteiger partial charge in [-0.15, -0.1) is 0 Å².